The number of hydrogen-bond donors (Lipinski definition) is 2. The third kappa shape index (κ3) is 2.50. The summed E-state index contributed by atoms with van der Waals surface area (Å²) in [5, 5.41) is 10.4. The van der Waals surface area contributed by atoms with Crippen LogP contribution in [0.1, 0.15) is 9.67 Å². The fourth-order valence-electron chi connectivity index (χ4n) is 1.22. The Bertz CT molecular complexity index is 633. The first kappa shape index (κ1) is 13.3. The summed E-state index contributed by atoms with van der Waals surface area (Å²) in [7, 11) is 0. The van der Waals surface area contributed by atoms with Gasteiger partial charge in [0.25, 0.3) is 0 Å². The molecule has 0 amide bonds. The summed E-state index contributed by atoms with van der Waals surface area (Å²) in [5.74, 6) is -7.67. The normalized spacial score (nSPS) is 10.5. The van der Waals surface area contributed by atoms with Crippen molar-refractivity contribution in [2.24, 2.45) is 0 Å². The van der Waals surface area contributed by atoms with E-state index in [-0.39, 0.29) is 16.1 Å². The molecule has 2 aromatic rings. The number of nitrogens with zero attached hydrogens (tertiary/aromatic N) is 1. The second-order valence-corrected chi connectivity index (χ2v) is 4.33. The van der Waals surface area contributed by atoms with E-state index in [0.29, 0.717) is 11.3 Å². The van der Waals surface area contributed by atoms with E-state index in [4.69, 9.17) is 5.11 Å². The van der Waals surface area contributed by atoms with Gasteiger partial charge in [-0.1, -0.05) is 11.3 Å². The van der Waals surface area contributed by atoms with E-state index in [0.717, 1.165) is 6.20 Å². The highest BCUT2D eigenvalue weighted by Crippen LogP contribution is 2.29. The number of thiazole rings is 1. The number of nitrogens with one attached hydrogen (secondary N) is 1. The molecule has 1 aromatic carbocycles. The van der Waals surface area contributed by atoms with Crippen LogP contribution in [0.2, 0.25) is 0 Å². The first-order chi connectivity index (χ1) is 8.90. The summed E-state index contributed by atoms with van der Waals surface area (Å²) < 4.78 is 52.5. The number of aromatic carboxylic acids is 1. The topological polar surface area (TPSA) is 62.2 Å². The molecule has 0 unspecified atom stereocenters. The SMILES string of the molecule is O=C(O)c1cnc(Nc2c(F)c(F)cc(F)c2F)s1. The minimum atomic E-state index is -1.62. The Morgan fingerprint density at radius 3 is 2.26 bits per heavy atom. The number of carbonyl (C=O) groups is 1. The second kappa shape index (κ2) is 4.84. The molecule has 1 heterocycles. The molecule has 100 valence electrons. The average Bonchev–Trinajstić information content (AvgIpc) is 2.81. The van der Waals surface area contributed by atoms with Gasteiger partial charge in [0.15, 0.2) is 28.4 Å². The highest BCUT2D eigenvalue weighted by molar-refractivity contribution is 7.17. The van der Waals surface area contributed by atoms with Gasteiger partial charge in [-0.2, -0.15) is 0 Å². The van der Waals surface area contributed by atoms with Crippen LogP contribution in [0, 0.1) is 23.3 Å². The maximum Gasteiger partial charge on any atom is 0.347 e. The van der Waals surface area contributed by atoms with Crippen LogP contribution in [0.25, 0.3) is 0 Å². The molecular weight excluding hydrogens is 288 g/mol. The minimum absolute atomic E-state index is 0.0698. The van der Waals surface area contributed by atoms with Gasteiger partial charge in [-0.05, 0) is 0 Å². The zero-order valence-electron chi connectivity index (χ0n) is 8.88. The summed E-state index contributed by atoms with van der Waals surface area (Å²) in [6.07, 6.45) is 0.945. The monoisotopic (exact) mass is 292 g/mol. The van der Waals surface area contributed by atoms with Crippen molar-refractivity contribution in [2.75, 3.05) is 5.32 Å². The summed E-state index contributed by atoms with van der Waals surface area (Å²) in [6, 6.07) is 0.0698. The smallest absolute Gasteiger partial charge is 0.347 e. The second-order valence-electron chi connectivity index (χ2n) is 3.30. The molecule has 19 heavy (non-hydrogen) atoms. The predicted molar refractivity (Wildman–Crippen MR) is 58.6 cm³/mol. The van der Waals surface area contributed by atoms with Crippen molar-refractivity contribution < 1.29 is 27.5 Å². The van der Waals surface area contributed by atoms with Crippen LogP contribution < -0.4 is 5.32 Å². The maximum absolute atomic E-state index is 13.3. The van der Waals surface area contributed by atoms with Crippen LogP contribution in [0.5, 0.6) is 0 Å². The first-order valence-electron chi connectivity index (χ1n) is 4.69. The molecule has 0 saturated heterocycles. The molecule has 2 rings (SSSR count). The molecular formula is C10H4F4N2O2S. The molecule has 0 fully saturated rings. The zero-order chi connectivity index (χ0) is 14.2. The van der Waals surface area contributed by atoms with Gasteiger partial charge < -0.3 is 10.4 Å². The quantitative estimate of drug-likeness (QED) is 0.674. The molecule has 0 aliphatic heterocycles. The summed E-state index contributed by atoms with van der Waals surface area (Å²) in [6.45, 7) is 0. The average molecular weight is 292 g/mol. The standard InChI is InChI=1S/C10H4F4N2O2S/c11-3-1-4(12)7(14)8(6(3)13)16-10-15-2-5(19-10)9(17)18/h1-2H,(H,15,16)(H,17,18). The van der Waals surface area contributed by atoms with Gasteiger partial charge in [0.2, 0.25) is 0 Å². The maximum atomic E-state index is 13.3. The summed E-state index contributed by atoms with van der Waals surface area (Å²) in [5.41, 5.74) is -1.07. The molecule has 0 aliphatic carbocycles. The van der Waals surface area contributed by atoms with Crippen LogP contribution >= 0.6 is 11.3 Å². The molecule has 0 radical (unpaired) electrons. The number of benzene rings is 1. The van der Waals surface area contributed by atoms with E-state index < -0.39 is 34.9 Å². The Balaban J connectivity index is 2.40. The minimum Gasteiger partial charge on any atom is -0.477 e. The van der Waals surface area contributed by atoms with Crippen LogP contribution in [0.4, 0.5) is 28.4 Å². The lowest BCUT2D eigenvalue weighted by Crippen LogP contribution is -2.02. The fraction of sp³-hybridized carbons (Fsp3) is 0. The molecule has 0 atom stereocenters. The number of carboxylic acid groups (broad SMARTS) is 1. The van der Waals surface area contributed by atoms with Crippen LogP contribution in [-0.4, -0.2) is 16.1 Å². The molecule has 2 N–H and O–H groups in total. The first-order valence-corrected chi connectivity index (χ1v) is 5.51. The van der Waals surface area contributed by atoms with Gasteiger partial charge in [0, 0.05) is 6.07 Å². The largest absolute Gasteiger partial charge is 0.477 e. The Morgan fingerprint density at radius 2 is 1.79 bits per heavy atom. The number of hydrogen-bond acceptors (Lipinski definition) is 4. The number of aromatic nitrogens is 1. The van der Waals surface area contributed by atoms with E-state index in [1.165, 1.54) is 0 Å². The van der Waals surface area contributed by atoms with Crippen LogP contribution in [0.15, 0.2) is 12.3 Å². The lowest BCUT2D eigenvalue weighted by atomic mass is 10.2. The van der Waals surface area contributed by atoms with Crippen molar-refractivity contribution in [3.05, 3.63) is 40.4 Å². The Morgan fingerprint density at radius 1 is 1.21 bits per heavy atom. The summed E-state index contributed by atoms with van der Waals surface area (Å²) >= 11 is 0.565. The van der Waals surface area contributed by atoms with Crippen molar-refractivity contribution in [1.82, 2.24) is 4.98 Å². The Hall–Kier alpha value is -2.16. The van der Waals surface area contributed by atoms with E-state index in [1.807, 2.05) is 5.32 Å². The Kier molecular flexibility index (Phi) is 3.38. The van der Waals surface area contributed by atoms with Crippen molar-refractivity contribution in [3.63, 3.8) is 0 Å². The third-order valence-corrected chi connectivity index (χ3v) is 2.96. The molecule has 0 spiro atoms. The van der Waals surface area contributed by atoms with Gasteiger partial charge in [-0.3, -0.25) is 0 Å². The Labute approximate surface area is 107 Å². The van der Waals surface area contributed by atoms with Gasteiger partial charge in [0.05, 0.1) is 6.20 Å². The number of carboxylic acids is 1. The highest BCUT2D eigenvalue weighted by atomic mass is 32.1. The van der Waals surface area contributed by atoms with Gasteiger partial charge in [-0.25, -0.2) is 27.3 Å². The van der Waals surface area contributed by atoms with E-state index in [9.17, 15) is 22.4 Å². The van der Waals surface area contributed by atoms with Crippen molar-refractivity contribution in [3.8, 4) is 0 Å². The number of halogens is 4. The van der Waals surface area contributed by atoms with Crippen LogP contribution in [0.3, 0.4) is 0 Å². The van der Waals surface area contributed by atoms with E-state index in [2.05, 4.69) is 4.98 Å². The van der Waals surface area contributed by atoms with Gasteiger partial charge >= 0.3 is 5.97 Å². The van der Waals surface area contributed by atoms with Gasteiger partial charge in [-0.15, -0.1) is 0 Å². The van der Waals surface area contributed by atoms with Crippen molar-refractivity contribution in [2.45, 2.75) is 0 Å². The van der Waals surface area contributed by atoms with E-state index >= 15 is 0 Å². The molecule has 0 bridgehead atoms. The number of rotatable bonds is 3. The molecule has 1 aromatic heterocycles. The lowest BCUT2D eigenvalue weighted by molar-refractivity contribution is 0.0702. The fourth-order valence-corrected chi connectivity index (χ4v) is 1.88. The molecule has 0 aliphatic rings. The van der Waals surface area contributed by atoms with E-state index in [1.54, 1.807) is 0 Å². The zero-order valence-corrected chi connectivity index (χ0v) is 9.69. The lowest BCUT2D eigenvalue weighted by Gasteiger charge is -2.07. The van der Waals surface area contributed by atoms with Gasteiger partial charge in [0.1, 0.15) is 10.6 Å². The molecule has 0 saturated carbocycles. The molecule has 4 nitrogen and oxygen atoms in total. The third-order valence-electron chi connectivity index (χ3n) is 2.06. The van der Waals surface area contributed by atoms with Crippen molar-refractivity contribution in [1.29, 1.82) is 0 Å². The number of anilines is 2. The highest BCUT2D eigenvalue weighted by Gasteiger charge is 2.20. The predicted octanol–water partition coefficient (Wildman–Crippen LogP) is 3.14. The van der Waals surface area contributed by atoms with Crippen LogP contribution in [-0.2, 0) is 0 Å². The summed E-state index contributed by atoms with van der Waals surface area (Å²) in [4.78, 5) is 13.9. The van der Waals surface area contributed by atoms with Crippen molar-refractivity contribution >= 4 is 28.1 Å². The molecule has 9 heteroatoms.